The van der Waals surface area contributed by atoms with E-state index in [1.807, 2.05) is 0 Å². The summed E-state index contributed by atoms with van der Waals surface area (Å²) in [4.78, 5) is 11.6. The van der Waals surface area contributed by atoms with Crippen LogP contribution in [0.5, 0.6) is 0 Å². The lowest BCUT2D eigenvalue weighted by atomic mass is 10.2. The van der Waals surface area contributed by atoms with Gasteiger partial charge in [-0.3, -0.25) is 4.79 Å². The molecule has 2 N–H and O–H groups in total. The molecule has 0 fully saturated rings. The summed E-state index contributed by atoms with van der Waals surface area (Å²) in [6.07, 6.45) is 0. The molecule has 17 heavy (non-hydrogen) atoms. The number of rotatable bonds is 6. The van der Waals surface area contributed by atoms with E-state index in [0.29, 0.717) is 18.8 Å². The van der Waals surface area contributed by atoms with Crippen molar-refractivity contribution in [2.75, 3.05) is 25.6 Å². The van der Waals surface area contributed by atoms with Crippen molar-refractivity contribution in [3.8, 4) is 0 Å². The third kappa shape index (κ3) is 4.82. The molecule has 0 aliphatic heterocycles. The number of amides is 1. The molecule has 0 aromatic heterocycles. The normalized spacial score (nSPS) is 11.9. The minimum atomic E-state index is -0.423. The molecule has 1 atom stereocenters. The van der Waals surface area contributed by atoms with E-state index in [4.69, 9.17) is 4.74 Å². The first kappa shape index (κ1) is 13.4. The predicted molar refractivity (Wildman–Crippen MR) is 64.4 cm³/mol. The number of carbonyl (C=O) groups excluding carboxylic acids is 1. The number of ether oxygens (including phenoxy) is 1. The number of anilines is 1. The molecule has 1 amide bonds. The molecule has 0 spiro atoms. The van der Waals surface area contributed by atoms with Crippen LogP contribution in [0.25, 0.3) is 0 Å². The summed E-state index contributed by atoms with van der Waals surface area (Å²) in [5.74, 6) is -0.478. The Kier molecular flexibility index (Phi) is 5.42. The number of halogens is 1. The van der Waals surface area contributed by atoms with Crippen molar-refractivity contribution in [1.82, 2.24) is 5.32 Å². The van der Waals surface area contributed by atoms with Crippen LogP contribution >= 0.6 is 0 Å². The summed E-state index contributed by atoms with van der Waals surface area (Å²) in [5.41, 5.74) is 0.583. The van der Waals surface area contributed by atoms with Crippen LogP contribution in [-0.4, -0.2) is 32.2 Å². The fraction of sp³-hybridized carbons (Fsp3) is 0.417. The lowest BCUT2D eigenvalue weighted by molar-refractivity contribution is -0.121. The van der Waals surface area contributed by atoms with Gasteiger partial charge in [-0.15, -0.1) is 0 Å². The maximum atomic E-state index is 12.9. The summed E-state index contributed by atoms with van der Waals surface area (Å²) in [6, 6.07) is 5.58. The molecule has 1 unspecified atom stereocenters. The molecular weight excluding hydrogens is 223 g/mol. The van der Waals surface area contributed by atoms with Gasteiger partial charge < -0.3 is 15.4 Å². The lowest BCUT2D eigenvalue weighted by Gasteiger charge is -2.15. The predicted octanol–water partition coefficient (Wildman–Crippen LogP) is 1.39. The Labute approximate surface area is 100 Å². The molecular formula is C12H17FN2O2. The second-order valence-electron chi connectivity index (χ2n) is 3.66. The number of carbonyl (C=O) groups is 1. The van der Waals surface area contributed by atoms with Crippen molar-refractivity contribution in [3.05, 3.63) is 30.1 Å². The number of methoxy groups -OCH3 is 1. The molecule has 0 aliphatic carbocycles. The first-order valence-electron chi connectivity index (χ1n) is 5.42. The molecule has 0 radical (unpaired) electrons. The first-order chi connectivity index (χ1) is 8.13. The molecule has 0 saturated heterocycles. The van der Waals surface area contributed by atoms with Crippen LogP contribution in [0.15, 0.2) is 24.3 Å². The minimum absolute atomic E-state index is 0.147. The van der Waals surface area contributed by atoms with Crippen molar-refractivity contribution in [2.24, 2.45) is 0 Å². The largest absolute Gasteiger partial charge is 0.383 e. The Morgan fingerprint density at radius 1 is 1.53 bits per heavy atom. The van der Waals surface area contributed by atoms with E-state index in [1.54, 1.807) is 26.2 Å². The summed E-state index contributed by atoms with van der Waals surface area (Å²) < 4.78 is 17.7. The number of hydrogen-bond donors (Lipinski definition) is 2. The fourth-order valence-electron chi connectivity index (χ4n) is 1.32. The Bertz CT molecular complexity index is 371. The van der Waals surface area contributed by atoms with Crippen LogP contribution in [-0.2, 0) is 9.53 Å². The van der Waals surface area contributed by atoms with Gasteiger partial charge in [0.05, 0.1) is 6.61 Å². The van der Waals surface area contributed by atoms with Gasteiger partial charge in [0.15, 0.2) is 0 Å². The fourth-order valence-corrected chi connectivity index (χ4v) is 1.32. The average Bonchev–Trinajstić information content (AvgIpc) is 2.29. The second-order valence-corrected chi connectivity index (χ2v) is 3.66. The van der Waals surface area contributed by atoms with Crippen LogP contribution < -0.4 is 10.6 Å². The summed E-state index contributed by atoms with van der Waals surface area (Å²) in [6.45, 7) is 2.65. The zero-order valence-electron chi connectivity index (χ0n) is 10.00. The van der Waals surface area contributed by atoms with Crippen molar-refractivity contribution in [3.63, 3.8) is 0 Å². The Morgan fingerprint density at radius 3 is 2.94 bits per heavy atom. The smallest absolute Gasteiger partial charge is 0.242 e. The maximum Gasteiger partial charge on any atom is 0.242 e. The highest BCUT2D eigenvalue weighted by atomic mass is 19.1. The zero-order chi connectivity index (χ0) is 12.7. The number of benzene rings is 1. The maximum absolute atomic E-state index is 12.9. The highest BCUT2D eigenvalue weighted by molar-refractivity contribution is 5.84. The molecule has 1 aromatic carbocycles. The average molecular weight is 240 g/mol. The van der Waals surface area contributed by atoms with Gasteiger partial charge in [0.1, 0.15) is 11.9 Å². The third-order valence-corrected chi connectivity index (χ3v) is 2.21. The molecule has 0 bridgehead atoms. The van der Waals surface area contributed by atoms with E-state index < -0.39 is 6.04 Å². The van der Waals surface area contributed by atoms with Crippen molar-refractivity contribution in [2.45, 2.75) is 13.0 Å². The van der Waals surface area contributed by atoms with E-state index in [9.17, 15) is 9.18 Å². The summed E-state index contributed by atoms with van der Waals surface area (Å²) in [5, 5.41) is 5.61. The zero-order valence-corrected chi connectivity index (χ0v) is 10.00. The quantitative estimate of drug-likeness (QED) is 0.739. The molecule has 0 heterocycles. The van der Waals surface area contributed by atoms with Gasteiger partial charge in [-0.1, -0.05) is 6.07 Å². The van der Waals surface area contributed by atoms with E-state index in [-0.39, 0.29) is 11.7 Å². The van der Waals surface area contributed by atoms with Gasteiger partial charge in [0, 0.05) is 19.3 Å². The molecule has 94 valence electrons. The van der Waals surface area contributed by atoms with Gasteiger partial charge in [-0.2, -0.15) is 0 Å². The molecule has 1 aromatic rings. The van der Waals surface area contributed by atoms with Crippen LogP contribution in [0.4, 0.5) is 10.1 Å². The summed E-state index contributed by atoms with van der Waals surface area (Å²) >= 11 is 0. The van der Waals surface area contributed by atoms with Crippen LogP contribution in [0.1, 0.15) is 6.92 Å². The standard InChI is InChI=1S/C12H17FN2O2/c1-9(12(16)14-6-7-17-2)15-11-5-3-4-10(13)8-11/h3-5,8-9,15H,6-7H2,1-2H3,(H,14,16). The van der Waals surface area contributed by atoms with E-state index in [1.165, 1.54) is 12.1 Å². The minimum Gasteiger partial charge on any atom is -0.383 e. The second kappa shape index (κ2) is 6.85. The van der Waals surface area contributed by atoms with Crippen LogP contribution in [0, 0.1) is 5.82 Å². The Balaban J connectivity index is 2.43. The Hall–Kier alpha value is -1.62. The highest BCUT2D eigenvalue weighted by Crippen LogP contribution is 2.10. The molecule has 0 saturated carbocycles. The van der Waals surface area contributed by atoms with Gasteiger partial charge in [-0.25, -0.2) is 4.39 Å². The monoisotopic (exact) mass is 240 g/mol. The van der Waals surface area contributed by atoms with Crippen molar-refractivity contribution in [1.29, 1.82) is 0 Å². The number of hydrogen-bond acceptors (Lipinski definition) is 3. The SMILES string of the molecule is COCCNC(=O)C(C)Nc1cccc(F)c1. The van der Waals surface area contributed by atoms with E-state index >= 15 is 0 Å². The third-order valence-electron chi connectivity index (χ3n) is 2.21. The topological polar surface area (TPSA) is 50.4 Å². The Morgan fingerprint density at radius 2 is 2.29 bits per heavy atom. The number of nitrogens with one attached hydrogen (secondary N) is 2. The molecule has 0 aliphatic rings. The first-order valence-corrected chi connectivity index (χ1v) is 5.42. The van der Waals surface area contributed by atoms with Crippen LogP contribution in [0.3, 0.4) is 0 Å². The van der Waals surface area contributed by atoms with Crippen molar-refractivity contribution >= 4 is 11.6 Å². The molecule has 5 heteroatoms. The van der Waals surface area contributed by atoms with Crippen LogP contribution in [0.2, 0.25) is 0 Å². The molecule has 1 rings (SSSR count). The van der Waals surface area contributed by atoms with Gasteiger partial charge >= 0.3 is 0 Å². The van der Waals surface area contributed by atoms with Crippen molar-refractivity contribution < 1.29 is 13.9 Å². The van der Waals surface area contributed by atoms with Gasteiger partial charge in [0.2, 0.25) is 5.91 Å². The summed E-state index contributed by atoms with van der Waals surface area (Å²) in [7, 11) is 1.57. The van der Waals surface area contributed by atoms with E-state index in [0.717, 1.165) is 0 Å². The molecule has 4 nitrogen and oxygen atoms in total. The van der Waals surface area contributed by atoms with E-state index in [2.05, 4.69) is 10.6 Å². The van der Waals surface area contributed by atoms with Gasteiger partial charge in [-0.05, 0) is 25.1 Å². The highest BCUT2D eigenvalue weighted by Gasteiger charge is 2.11. The van der Waals surface area contributed by atoms with Gasteiger partial charge in [0.25, 0.3) is 0 Å². The lowest BCUT2D eigenvalue weighted by Crippen LogP contribution is -2.39.